The molecule has 0 fully saturated rings. The first-order valence-electron chi connectivity index (χ1n) is 12.7. The van der Waals surface area contributed by atoms with E-state index < -0.39 is 0 Å². The number of nitrogens with zero attached hydrogens (tertiary/aromatic N) is 5. The lowest BCUT2D eigenvalue weighted by molar-refractivity contribution is 0.0989. The van der Waals surface area contributed by atoms with E-state index in [2.05, 4.69) is 36.8 Å². The molecule has 38 heavy (non-hydrogen) atoms. The summed E-state index contributed by atoms with van der Waals surface area (Å²) >= 11 is 0. The van der Waals surface area contributed by atoms with Crippen LogP contribution in [0.4, 0.5) is 11.5 Å². The van der Waals surface area contributed by atoms with Crippen LogP contribution in [0.25, 0.3) is 33.2 Å². The van der Waals surface area contributed by atoms with Gasteiger partial charge in [0.05, 0.1) is 23.6 Å². The quantitative estimate of drug-likeness (QED) is 0.264. The minimum atomic E-state index is 0.00172. The number of rotatable bonds is 6. The zero-order valence-corrected chi connectivity index (χ0v) is 20.5. The maximum Gasteiger partial charge on any atom is 0.183 e. The Balaban J connectivity index is 1.23. The van der Waals surface area contributed by atoms with Crippen LogP contribution in [0.5, 0.6) is 0 Å². The Kier molecular flexibility index (Phi) is 5.39. The van der Waals surface area contributed by atoms with Gasteiger partial charge in [0.15, 0.2) is 11.6 Å². The molecule has 0 amide bonds. The van der Waals surface area contributed by atoms with Gasteiger partial charge >= 0.3 is 0 Å². The monoisotopic (exact) mass is 500 g/mol. The van der Waals surface area contributed by atoms with Gasteiger partial charge in [-0.15, -0.1) is 0 Å². The number of hydrogen-bond donors (Lipinski definition) is 3. The summed E-state index contributed by atoms with van der Waals surface area (Å²) < 4.78 is 0. The van der Waals surface area contributed by atoms with Gasteiger partial charge in [-0.1, -0.05) is 12.1 Å². The third-order valence-corrected chi connectivity index (χ3v) is 7.08. The van der Waals surface area contributed by atoms with Crippen LogP contribution < -0.4 is 5.32 Å². The molecule has 0 atom stereocenters. The van der Waals surface area contributed by atoms with E-state index in [0.29, 0.717) is 11.5 Å². The molecule has 0 unspecified atom stereocenters. The van der Waals surface area contributed by atoms with Crippen LogP contribution >= 0.6 is 0 Å². The second-order valence-corrected chi connectivity index (χ2v) is 9.66. The second kappa shape index (κ2) is 9.19. The van der Waals surface area contributed by atoms with E-state index in [1.807, 2.05) is 42.6 Å². The zero-order chi connectivity index (χ0) is 25.5. The number of carbonyl (C=O) groups excluding carboxylic acids is 1. The number of anilines is 2. The maximum atomic E-state index is 12.9. The van der Waals surface area contributed by atoms with E-state index >= 15 is 0 Å². The summed E-state index contributed by atoms with van der Waals surface area (Å²) in [4.78, 5) is 26.1. The SMILES string of the molecule is O=C(Cc1ccnnc1)c1cc2ccc(-c3nc4c(c(Nc5ccc6[nH]ncc6c5)n3)CCCC4)cc2[nH]1. The lowest BCUT2D eigenvalue weighted by atomic mass is 9.96. The summed E-state index contributed by atoms with van der Waals surface area (Å²) in [6, 6.07) is 15.9. The molecule has 0 saturated heterocycles. The molecule has 0 radical (unpaired) electrons. The average Bonchev–Trinajstić information content (AvgIpc) is 3.60. The molecule has 0 saturated carbocycles. The number of H-pyrrole nitrogens is 2. The van der Waals surface area contributed by atoms with Crippen molar-refractivity contribution in [3.63, 3.8) is 0 Å². The summed E-state index contributed by atoms with van der Waals surface area (Å²) in [6.45, 7) is 0. The van der Waals surface area contributed by atoms with E-state index in [1.54, 1.807) is 18.5 Å². The first kappa shape index (κ1) is 22.3. The Labute approximate surface area is 217 Å². The van der Waals surface area contributed by atoms with E-state index in [9.17, 15) is 4.79 Å². The highest BCUT2D eigenvalue weighted by molar-refractivity contribution is 6.01. The molecule has 9 nitrogen and oxygen atoms in total. The molecule has 6 aromatic rings. The maximum absolute atomic E-state index is 12.9. The summed E-state index contributed by atoms with van der Waals surface area (Å²) in [5, 5.41) is 20.3. The van der Waals surface area contributed by atoms with Crippen LogP contribution in [0.15, 0.2) is 67.1 Å². The normalized spacial score (nSPS) is 13.1. The van der Waals surface area contributed by atoms with Gasteiger partial charge in [0.2, 0.25) is 0 Å². The number of nitrogens with one attached hydrogen (secondary N) is 3. The van der Waals surface area contributed by atoms with Gasteiger partial charge in [-0.3, -0.25) is 9.89 Å². The van der Waals surface area contributed by atoms with Crippen molar-refractivity contribution in [2.24, 2.45) is 0 Å². The fourth-order valence-electron chi connectivity index (χ4n) is 5.10. The van der Waals surface area contributed by atoms with Crippen molar-refractivity contribution in [2.75, 3.05) is 5.32 Å². The van der Waals surface area contributed by atoms with E-state index in [0.717, 1.165) is 75.8 Å². The van der Waals surface area contributed by atoms with Crippen LogP contribution in [0.2, 0.25) is 0 Å². The standard InChI is InChI=1S/C29H24N8O/c38-27(11-17-9-10-30-31-15-17)26-13-18-5-6-19(14-25(18)34-26)28-35-24-4-2-1-3-22(24)29(36-28)33-21-7-8-23-20(12-21)16-32-37-23/h5-10,12-16,34H,1-4,11H2,(H,32,37)(H,33,35,36). The van der Waals surface area contributed by atoms with Crippen molar-refractivity contribution in [1.29, 1.82) is 0 Å². The minimum absolute atomic E-state index is 0.00172. The molecule has 1 aliphatic carbocycles. The second-order valence-electron chi connectivity index (χ2n) is 9.66. The fourth-order valence-corrected chi connectivity index (χ4v) is 5.10. The highest BCUT2D eigenvalue weighted by atomic mass is 16.1. The molecule has 7 rings (SSSR count). The largest absolute Gasteiger partial charge is 0.352 e. The Morgan fingerprint density at radius 2 is 1.84 bits per heavy atom. The van der Waals surface area contributed by atoms with Gasteiger partial charge < -0.3 is 10.3 Å². The predicted molar refractivity (Wildman–Crippen MR) is 145 cm³/mol. The molecule has 1 aliphatic rings. The molecule has 9 heteroatoms. The number of benzene rings is 2. The molecule has 0 spiro atoms. The first-order valence-corrected chi connectivity index (χ1v) is 12.7. The summed E-state index contributed by atoms with van der Waals surface area (Å²) in [6.07, 6.45) is 9.45. The van der Waals surface area contributed by atoms with Crippen LogP contribution in [0.1, 0.15) is 40.2 Å². The third-order valence-electron chi connectivity index (χ3n) is 7.08. The molecular formula is C29H24N8O. The third kappa shape index (κ3) is 4.17. The predicted octanol–water partition coefficient (Wildman–Crippen LogP) is 5.34. The van der Waals surface area contributed by atoms with Crippen LogP contribution in [0.3, 0.4) is 0 Å². The topological polar surface area (TPSA) is 125 Å². The number of ketones is 1. The van der Waals surface area contributed by atoms with Crippen LogP contribution in [-0.4, -0.2) is 41.1 Å². The smallest absolute Gasteiger partial charge is 0.183 e. The van der Waals surface area contributed by atoms with Crippen LogP contribution in [0, 0.1) is 0 Å². The number of carbonyl (C=O) groups is 1. The summed E-state index contributed by atoms with van der Waals surface area (Å²) in [5.41, 5.74) is 7.42. The Morgan fingerprint density at radius 1 is 0.895 bits per heavy atom. The van der Waals surface area contributed by atoms with Gasteiger partial charge in [-0.05, 0) is 67.6 Å². The molecule has 186 valence electrons. The number of fused-ring (bicyclic) bond motifs is 3. The van der Waals surface area contributed by atoms with Crippen molar-refractivity contribution in [3.8, 4) is 11.4 Å². The van der Waals surface area contributed by atoms with Crippen molar-refractivity contribution in [2.45, 2.75) is 32.1 Å². The number of aromatic nitrogens is 7. The van der Waals surface area contributed by atoms with E-state index in [1.165, 1.54) is 5.56 Å². The Bertz CT molecular complexity index is 1800. The lowest BCUT2D eigenvalue weighted by Crippen LogP contribution is -2.12. The van der Waals surface area contributed by atoms with Crippen molar-refractivity contribution in [3.05, 3.63) is 89.6 Å². The molecule has 0 aliphatic heterocycles. The van der Waals surface area contributed by atoms with Gasteiger partial charge in [0.1, 0.15) is 5.82 Å². The molecule has 3 N–H and O–H groups in total. The van der Waals surface area contributed by atoms with Crippen LogP contribution in [-0.2, 0) is 19.3 Å². The molecular weight excluding hydrogens is 476 g/mol. The van der Waals surface area contributed by atoms with Gasteiger partial charge in [0, 0.05) is 51.4 Å². The lowest BCUT2D eigenvalue weighted by Gasteiger charge is -2.20. The molecule has 4 aromatic heterocycles. The average molecular weight is 501 g/mol. The van der Waals surface area contributed by atoms with E-state index in [-0.39, 0.29) is 12.2 Å². The number of aryl methyl sites for hydroxylation is 1. The summed E-state index contributed by atoms with van der Waals surface area (Å²) in [5.74, 6) is 1.52. The molecule has 2 aromatic carbocycles. The van der Waals surface area contributed by atoms with Crippen molar-refractivity contribution < 1.29 is 4.79 Å². The van der Waals surface area contributed by atoms with Gasteiger partial charge in [0.25, 0.3) is 0 Å². The first-order chi connectivity index (χ1) is 18.7. The number of hydrogen-bond acceptors (Lipinski definition) is 7. The zero-order valence-electron chi connectivity index (χ0n) is 20.5. The Hall–Kier alpha value is -4.92. The van der Waals surface area contributed by atoms with Gasteiger partial charge in [-0.25, -0.2) is 9.97 Å². The van der Waals surface area contributed by atoms with E-state index in [4.69, 9.17) is 9.97 Å². The molecule has 4 heterocycles. The Morgan fingerprint density at radius 3 is 2.76 bits per heavy atom. The van der Waals surface area contributed by atoms with Crippen molar-refractivity contribution in [1.82, 2.24) is 35.3 Å². The van der Waals surface area contributed by atoms with Gasteiger partial charge in [-0.2, -0.15) is 15.3 Å². The minimum Gasteiger partial charge on any atom is -0.352 e. The number of Topliss-reactive ketones (excluding diaryl/α,β-unsaturated/α-hetero) is 1. The fraction of sp³-hybridized carbons (Fsp3) is 0.172. The highest BCUT2D eigenvalue weighted by Gasteiger charge is 2.20. The highest BCUT2D eigenvalue weighted by Crippen LogP contribution is 2.32. The summed E-state index contributed by atoms with van der Waals surface area (Å²) in [7, 11) is 0. The van der Waals surface area contributed by atoms with Crippen molar-refractivity contribution >= 4 is 39.1 Å². The number of aromatic amines is 2. The molecule has 0 bridgehead atoms.